The predicted molar refractivity (Wildman–Crippen MR) is 73.5 cm³/mol. The average molecular weight is 261 g/mol. The highest BCUT2D eigenvalue weighted by Gasteiger charge is 2.21. The first-order chi connectivity index (χ1) is 8.61. The third kappa shape index (κ3) is 2.36. The number of amides is 1. The van der Waals surface area contributed by atoms with Gasteiger partial charge in [0.25, 0.3) is 5.91 Å². The fourth-order valence-corrected chi connectivity index (χ4v) is 2.50. The number of hydrogen-bond donors (Lipinski definition) is 1. The molecule has 0 aliphatic rings. The Labute approximate surface area is 110 Å². The van der Waals surface area contributed by atoms with Gasteiger partial charge in [-0.3, -0.25) is 9.78 Å². The Hall–Kier alpha value is -1.88. The topological polar surface area (TPSA) is 59.2 Å². The molecular weight excluding hydrogens is 246 g/mol. The Balaban J connectivity index is 2.22. The maximum absolute atomic E-state index is 12.3. The van der Waals surface area contributed by atoms with Crippen molar-refractivity contribution in [3.05, 3.63) is 46.4 Å². The van der Waals surface area contributed by atoms with E-state index in [1.165, 1.54) is 6.20 Å². The van der Waals surface area contributed by atoms with E-state index in [-0.39, 0.29) is 11.9 Å². The maximum Gasteiger partial charge on any atom is 0.257 e. The fraction of sp³-hybridized carbons (Fsp3) is 0.231. The number of carbonyl (C=O) groups is 1. The molecule has 2 N–H and O–H groups in total. The zero-order chi connectivity index (χ0) is 13.1. The molecule has 18 heavy (non-hydrogen) atoms. The Morgan fingerprint density at radius 2 is 2.28 bits per heavy atom. The first kappa shape index (κ1) is 12.6. The van der Waals surface area contributed by atoms with Gasteiger partial charge in [-0.2, -0.15) is 0 Å². The molecular formula is C13H15N3OS. The maximum atomic E-state index is 12.3. The Bertz CT molecular complexity index is 539. The number of hydrogen-bond acceptors (Lipinski definition) is 4. The van der Waals surface area contributed by atoms with Crippen LogP contribution in [0.3, 0.4) is 0 Å². The van der Waals surface area contributed by atoms with E-state index in [9.17, 15) is 4.79 Å². The molecule has 0 aliphatic heterocycles. The number of nitrogens with zero attached hydrogens (tertiary/aromatic N) is 2. The largest absolute Gasteiger partial charge is 0.398 e. The number of nitrogen functional groups attached to an aromatic ring is 1. The van der Waals surface area contributed by atoms with Gasteiger partial charge in [0.15, 0.2) is 0 Å². The highest BCUT2D eigenvalue weighted by molar-refractivity contribution is 7.10. The normalized spacial score (nSPS) is 12.1. The van der Waals surface area contributed by atoms with Crippen LogP contribution in [0.2, 0.25) is 0 Å². The highest BCUT2D eigenvalue weighted by atomic mass is 32.1. The van der Waals surface area contributed by atoms with Crippen molar-refractivity contribution in [3.63, 3.8) is 0 Å². The van der Waals surface area contributed by atoms with Gasteiger partial charge in [0.1, 0.15) is 0 Å². The molecule has 0 aromatic carbocycles. The highest BCUT2D eigenvalue weighted by Crippen LogP contribution is 2.25. The van der Waals surface area contributed by atoms with Gasteiger partial charge in [-0.05, 0) is 24.4 Å². The van der Waals surface area contributed by atoms with E-state index in [4.69, 9.17) is 5.73 Å². The second-order valence-corrected chi connectivity index (χ2v) is 5.05. The minimum Gasteiger partial charge on any atom is -0.398 e. The van der Waals surface area contributed by atoms with E-state index in [0.717, 1.165) is 4.88 Å². The van der Waals surface area contributed by atoms with E-state index in [1.54, 1.807) is 35.5 Å². The minimum atomic E-state index is -0.110. The van der Waals surface area contributed by atoms with Gasteiger partial charge in [0.2, 0.25) is 0 Å². The molecule has 0 bridgehead atoms. The molecule has 0 saturated heterocycles. The molecule has 1 amide bonds. The molecule has 94 valence electrons. The van der Waals surface area contributed by atoms with Crippen LogP contribution in [0.5, 0.6) is 0 Å². The first-order valence-corrected chi connectivity index (χ1v) is 6.49. The number of aromatic nitrogens is 1. The third-order valence-corrected chi connectivity index (χ3v) is 3.98. The quantitative estimate of drug-likeness (QED) is 0.923. The van der Waals surface area contributed by atoms with Crippen LogP contribution in [0.4, 0.5) is 5.69 Å². The molecule has 5 heteroatoms. The summed E-state index contributed by atoms with van der Waals surface area (Å²) in [6.07, 6.45) is 3.09. The summed E-state index contributed by atoms with van der Waals surface area (Å²) in [5.41, 5.74) is 6.70. The van der Waals surface area contributed by atoms with Gasteiger partial charge in [0, 0.05) is 30.0 Å². The molecule has 0 fully saturated rings. The van der Waals surface area contributed by atoms with Crippen molar-refractivity contribution in [3.8, 4) is 0 Å². The first-order valence-electron chi connectivity index (χ1n) is 5.61. The van der Waals surface area contributed by atoms with Crippen LogP contribution in [-0.2, 0) is 0 Å². The lowest BCUT2D eigenvalue weighted by molar-refractivity contribution is 0.0745. The summed E-state index contributed by atoms with van der Waals surface area (Å²) in [4.78, 5) is 19.1. The van der Waals surface area contributed by atoms with Crippen LogP contribution < -0.4 is 5.73 Å². The Morgan fingerprint density at radius 1 is 1.50 bits per heavy atom. The minimum absolute atomic E-state index is 0.0251. The monoisotopic (exact) mass is 261 g/mol. The molecule has 0 spiro atoms. The van der Waals surface area contributed by atoms with Gasteiger partial charge in [-0.1, -0.05) is 6.07 Å². The molecule has 4 nitrogen and oxygen atoms in total. The predicted octanol–water partition coefficient (Wildman–Crippen LogP) is 2.56. The smallest absolute Gasteiger partial charge is 0.257 e. The molecule has 1 unspecified atom stereocenters. The van der Waals surface area contributed by atoms with E-state index in [1.807, 2.05) is 24.4 Å². The van der Waals surface area contributed by atoms with Crippen molar-refractivity contribution < 1.29 is 4.79 Å². The van der Waals surface area contributed by atoms with E-state index in [2.05, 4.69) is 4.98 Å². The van der Waals surface area contributed by atoms with E-state index in [0.29, 0.717) is 11.3 Å². The Morgan fingerprint density at radius 3 is 2.89 bits per heavy atom. The van der Waals surface area contributed by atoms with Crippen LogP contribution >= 0.6 is 11.3 Å². The lowest BCUT2D eigenvalue weighted by Gasteiger charge is -2.24. The van der Waals surface area contributed by atoms with Crippen LogP contribution in [-0.4, -0.2) is 22.8 Å². The standard InChI is InChI=1S/C13H15N3OS/c1-9(12-4-3-7-18-12)16(2)13(17)10-8-15-6-5-11(10)14/h3-9H,1-2H3,(H2,14,15). The van der Waals surface area contributed by atoms with Gasteiger partial charge >= 0.3 is 0 Å². The number of pyridine rings is 1. The lowest BCUT2D eigenvalue weighted by atomic mass is 10.1. The summed E-state index contributed by atoms with van der Waals surface area (Å²) in [6, 6.07) is 5.66. The molecule has 1 atom stereocenters. The molecule has 2 aromatic heterocycles. The summed E-state index contributed by atoms with van der Waals surface area (Å²) in [5, 5.41) is 2.00. The molecule has 2 heterocycles. The van der Waals surface area contributed by atoms with Crippen molar-refractivity contribution in [2.45, 2.75) is 13.0 Å². The molecule has 0 aliphatic carbocycles. The van der Waals surface area contributed by atoms with Gasteiger partial charge < -0.3 is 10.6 Å². The van der Waals surface area contributed by atoms with Crippen LogP contribution in [0.25, 0.3) is 0 Å². The third-order valence-electron chi connectivity index (χ3n) is 2.94. The SMILES string of the molecule is CC(c1cccs1)N(C)C(=O)c1cnccc1N. The van der Waals surface area contributed by atoms with Crippen LogP contribution in [0.1, 0.15) is 28.2 Å². The van der Waals surface area contributed by atoms with Crippen LogP contribution in [0.15, 0.2) is 36.0 Å². The lowest BCUT2D eigenvalue weighted by Crippen LogP contribution is -2.29. The second-order valence-electron chi connectivity index (χ2n) is 4.07. The number of carbonyl (C=O) groups excluding carboxylic acids is 1. The summed E-state index contributed by atoms with van der Waals surface area (Å²) in [7, 11) is 1.78. The van der Waals surface area contributed by atoms with Crippen molar-refractivity contribution >= 4 is 22.9 Å². The van der Waals surface area contributed by atoms with Crippen molar-refractivity contribution in [2.75, 3.05) is 12.8 Å². The molecule has 2 rings (SSSR count). The molecule has 2 aromatic rings. The zero-order valence-corrected chi connectivity index (χ0v) is 11.1. The second kappa shape index (κ2) is 5.18. The van der Waals surface area contributed by atoms with Gasteiger partial charge in [-0.25, -0.2) is 0 Å². The van der Waals surface area contributed by atoms with E-state index >= 15 is 0 Å². The summed E-state index contributed by atoms with van der Waals surface area (Å²) in [6.45, 7) is 2.00. The van der Waals surface area contributed by atoms with Gasteiger partial charge in [-0.15, -0.1) is 11.3 Å². The number of nitrogens with two attached hydrogens (primary N) is 1. The molecule has 0 radical (unpaired) electrons. The average Bonchev–Trinajstić information content (AvgIpc) is 2.90. The van der Waals surface area contributed by atoms with Crippen molar-refractivity contribution in [1.29, 1.82) is 0 Å². The summed E-state index contributed by atoms with van der Waals surface area (Å²) >= 11 is 1.64. The van der Waals surface area contributed by atoms with Gasteiger partial charge in [0.05, 0.1) is 11.6 Å². The van der Waals surface area contributed by atoms with E-state index < -0.39 is 0 Å². The Kier molecular flexibility index (Phi) is 3.62. The fourth-order valence-electron chi connectivity index (χ4n) is 1.67. The number of anilines is 1. The zero-order valence-electron chi connectivity index (χ0n) is 10.3. The van der Waals surface area contributed by atoms with Crippen molar-refractivity contribution in [2.24, 2.45) is 0 Å². The summed E-state index contributed by atoms with van der Waals surface area (Å²) < 4.78 is 0. The summed E-state index contributed by atoms with van der Waals surface area (Å²) in [5.74, 6) is -0.110. The molecule has 0 saturated carbocycles. The van der Waals surface area contributed by atoms with Crippen molar-refractivity contribution in [1.82, 2.24) is 9.88 Å². The number of rotatable bonds is 3. The number of thiophene rings is 1. The van der Waals surface area contributed by atoms with Crippen LogP contribution in [0, 0.1) is 0 Å².